The van der Waals surface area contributed by atoms with Crippen molar-refractivity contribution in [1.29, 1.82) is 0 Å². The van der Waals surface area contributed by atoms with Crippen LogP contribution in [0, 0.1) is 0 Å². The van der Waals surface area contributed by atoms with E-state index >= 15 is 0 Å². The number of rotatable bonds is 6. The molecule has 4 heterocycles. The second-order valence-electron chi connectivity index (χ2n) is 8.31. The zero-order chi connectivity index (χ0) is 22.6. The van der Waals surface area contributed by atoms with E-state index < -0.39 is 0 Å². The molecule has 1 fully saturated rings. The Labute approximate surface area is 194 Å². The number of aromatic nitrogens is 4. The molecule has 3 aromatic rings. The maximum atomic E-state index is 5.45. The fraction of sp³-hybridized carbons (Fsp3) is 0.417. The largest absolute Gasteiger partial charge is 0.493 e. The topological polar surface area (TPSA) is 79.7 Å². The number of hydrogen-bond donors (Lipinski definition) is 0. The Morgan fingerprint density at radius 1 is 0.848 bits per heavy atom. The molecule has 9 nitrogen and oxygen atoms in total. The average molecular weight is 448 g/mol. The van der Waals surface area contributed by atoms with Gasteiger partial charge >= 0.3 is 0 Å². The Balaban J connectivity index is 1.21. The second kappa shape index (κ2) is 9.58. The molecule has 0 radical (unpaired) electrons. The molecule has 0 unspecified atom stereocenters. The lowest BCUT2D eigenvalue weighted by Crippen LogP contribution is -2.47. The van der Waals surface area contributed by atoms with Crippen LogP contribution >= 0.6 is 0 Å². The number of anilines is 2. The summed E-state index contributed by atoms with van der Waals surface area (Å²) in [6.45, 7) is 6.13. The number of nitrogens with zero attached hydrogens (tertiary/aromatic N) is 7. The molecular formula is C24H29N7O2. The summed E-state index contributed by atoms with van der Waals surface area (Å²) in [6, 6.07) is 7.95. The summed E-state index contributed by atoms with van der Waals surface area (Å²) in [6.07, 6.45) is 6.51. The molecule has 2 aromatic heterocycles. The molecule has 0 saturated carbocycles. The fourth-order valence-corrected chi connectivity index (χ4v) is 4.45. The van der Waals surface area contributed by atoms with Gasteiger partial charge in [0.25, 0.3) is 0 Å². The van der Waals surface area contributed by atoms with Gasteiger partial charge in [0.2, 0.25) is 11.9 Å². The zero-order valence-corrected chi connectivity index (χ0v) is 19.1. The van der Waals surface area contributed by atoms with Crippen molar-refractivity contribution < 1.29 is 9.47 Å². The highest BCUT2D eigenvalue weighted by Crippen LogP contribution is 2.29. The molecule has 0 bridgehead atoms. The lowest BCUT2D eigenvalue weighted by molar-refractivity contribution is 0.242. The smallest absolute Gasteiger partial charge is 0.225 e. The number of piperazine rings is 1. The molecule has 1 saturated heterocycles. The third-order valence-electron chi connectivity index (χ3n) is 6.25. The van der Waals surface area contributed by atoms with Gasteiger partial charge in [-0.05, 0) is 23.8 Å². The van der Waals surface area contributed by atoms with Crippen LogP contribution in [0.3, 0.4) is 0 Å². The molecule has 172 valence electrons. The van der Waals surface area contributed by atoms with E-state index in [-0.39, 0.29) is 0 Å². The highest BCUT2D eigenvalue weighted by atomic mass is 16.5. The molecule has 33 heavy (non-hydrogen) atoms. The first-order chi connectivity index (χ1) is 16.2. The Morgan fingerprint density at radius 2 is 1.58 bits per heavy atom. The normalized spacial score (nSPS) is 16.4. The molecular weight excluding hydrogens is 418 g/mol. The summed E-state index contributed by atoms with van der Waals surface area (Å²) < 4.78 is 10.8. The van der Waals surface area contributed by atoms with Crippen molar-refractivity contribution >= 4 is 11.9 Å². The summed E-state index contributed by atoms with van der Waals surface area (Å²) in [7, 11) is 3.33. The lowest BCUT2D eigenvalue weighted by atomic mass is 10.1. The Hall–Kier alpha value is -3.46. The SMILES string of the molecule is COc1ccc(CN2CCc3nc(N4CCN(c5ncccn5)CC4)ncc3C2)cc1OC. The molecule has 0 aliphatic carbocycles. The van der Waals surface area contributed by atoms with Crippen molar-refractivity contribution in [2.24, 2.45) is 0 Å². The van der Waals surface area contributed by atoms with Gasteiger partial charge in [0.15, 0.2) is 11.5 Å². The average Bonchev–Trinajstić information content (AvgIpc) is 2.89. The molecule has 2 aliphatic heterocycles. The van der Waals surface area contributed by atoms with Crippen molar-refractivity contribution in [2.45, 2.75) is 19.5 Å². The molecule has 1 aromatic carbocycles. The van der Waals surface area contributed by atoms with Gasteiger partial charge in [0, 0.05) is 76.4 Å². The molecule has 0 spiro atoms. The fourth-order valence-electron chi connectivity index (χ4n) is 4.45. The first kappa shape index (κ1) is 21.4. The Bertz CT molecular complexity index is 1090. The van der Waals surface area contributed by atoms with Crippen molar-refractivity contribution in [3.8, 4) is 11.5 Å². The van der Waals surface area contributed by atoms with E-state index in [1.165, 1.54) is 11.1 Å². The minimum Gasteiger partial charge on any atom is -0.493 e. The zero-order valence-electron chi connectivity index (χ0n) is 19.1. The molecule has 0 N–H and O–H groups in total. The third-order valence-corrected chi connectivity index (χ3v) is 6.25. The van der Waals surface area contributed by atoms with Crippen LogP contribution in [0.15, 0.2) is 42.9 Å². The predicted molar refractivity (Wildman–Crippen MR) is 126 cm³/mol. The number of hydrogen-bond acceptors (Lipinski definition) is 9. The number of ether oxygens (including phenoxy) is 2. The summed E-state index contributed by atoms with van der Waals surface area (Å²) in [4.78, 5) is 25.2. The first-order valence-electron chi connectivity index (χ1n) is 11.3. The molecule has 9 heteroatoms. The maximum Gasteiger partial charge on any atom is 0.225 e. The first-order valence-corrected chi connectivity index (χ1v) is 11.3. The van der Waals surface area contributed by atoms with Gasteiger partial charge in [-0.1, -0.05) is 6.07 Å². The van der Waals surface area contributed by atoms with Gasteiger partial charge in [-0.25, -0.2) is 19.9 Å². The van der Waals surface area contributed by atoms with Crippen LogP contribution in [-0.4, -0.2) is 71.8 Å². The maximum absolute atomic E-state index is 5.45. The van der Waals surface area contributed by atoms with E-state index in [1.54, 1.807) is 26.6 Å². The van der Waals surface area contributed by atoms with Crippen LogP contribution in [0.4, 0.5) is 11.9 Å². The Morgan fingerprint density at radius 3 is 2.30 bits per heavy atom. The van der Waals surface area contributed by atoms with Crippen LogP contribution in [0.5, 0.6) is 11.5 Å². The van der Waals surface area contributed by atoms with Crippen molar-refractivity contribution in [3.05, 3.63) is 59.7 Å². The van der Waals surface area contributed by atoms with Crippen molar-refractivity contribution in [2.75, 3.05) is 56.7 Å². The predicted octanol–water partition coefficient (Wildman–Crippen LogP) is 2.17. The quantitative estimate of drug-likeness (QED) is 0.565. The van der Waals surface area contributed by atoms with Gasteiger partial charge in [-0.15, -0.1) is 0 Å². The molecule has 0 atom stereocenters. The van der Waals surface area contributed by atoms with E-state index in [0.29, 0.717) is 0 Å². The van der Waals surface area contributed by atoms with Gasteiger partial charge in [0.05, 0.1) is 19.9 Å². The van der Waals surface area contributed by atoms with Gasteiger partial charge in [-0.2, -0.15) is 0 Å². The lowest BCUT2D eigenvalue weighted by Gasteiger charge is -2.35. The van der Waals surface area contributed by atoms with E-state index in [9.17, 15) is 0 Å². The highest BCUT2D eigenvalue weighted by Gasteiger charge is 2.23. The van der Waals surface area contributed by atoms with Crippen molar-refractivity contribution in [3.63, 3.8) is 0 Å². The Kier molecular flexibility index (Phi) is 6.21. The van der Waals surface area contributed by atoms with Gasteiger partial charge < -0.3 is 19.3 Å². The molecule has 0 amide bonds. The van der Waals surface area contributed by atoms with Gasteiger partial charge in [-0.3, -0.25) is 4.90 Å². The summed E-state index contributed by atoms with van der Waals surface area (Å²) in [5, 5.41) is 0. The third kappa shape index (κ3) is 4.68. The van der Waals surface area contributed by atoms with E-state index in [0.717, 1.165) is 81.3 Å². The number of fused-ring (bicyclic) bond motifs is 1. The van der Waals surface area contributed by atoms with Crippen LogP contribution in [0.25, 0.3) is 0 Å². The van der Waals surface area contributed by atoms with Crippen LogP contribution in [0.1, 0.15) is 16.8 Å². The monoisotopic (exact) mass is 447 g/mol. The van der Waals surface area contributed by atoms with Crippen LogP contribution in [0.2, 0.25) is 0 Å². The minimum atomic E-state index is 0.753. The molecule has 2 aliphatic rings. The van der Waals surface area contributed by atoms with Crippen LogP contribution < -0.4 is 19.3 Å². The standard InChI is InChI=1S/C24H29N7O2/c1-32-21-5-4-18(14-22(21)33-2)16-29-9-6-20-19(17-29)15-27-24(28-20)31-12-10-30(11-13-31)23-25-7-3-8-26-23/h3-5,7-8,14-15H,6,9-13,16-17H2,1-2H3. The van der Waals surface area contributed by atoms with E-state index in [1.807, 2.05) is 24.4 Å². The van der Waals surface area contributed by atoms with E-state index in [2.05, 4.69) is 30.7 Å². The number of methoxy groups -OCH3 is 2. The van der Waals surface area contributed by atoms with E-state index in [4.69, 9.17) is 19.4 Å². The highest BCUT2D eigenvalue weighted by molar-refractivity contribution is 5.43. The summed E-state index contributed by atoms with van der Waals surface area (Å²) >= 11 is 0. The van der Waals surface area contributed by atoms with Crippen LogP contribution in [-0.2, 0) is 19.5 Å². The summed E-state index contributed by atoms with van der Waals surface area (Å²) in [5.74, 6) is 3.14. The van der Waals surface area contributed by atoms with Crippen molar-refractivity contribution in [1.82, 2.24) is 24.8 Å². The second-order valence-corrected chi connectivity index (χ2v) is 8.31. The number of benzene rings is 1. The molecule has 5 rings (SSSR count). The van der Waals surface area contributed by atoms with Gasteiger partial charge in [0.1, 0.15) is 0 Å². The summed E-state index contributed by atoms with van der Waals surface area (Å²) in [5.41, 5.74) is 3.58. The minimum absolute atomic E-state index is 0.753.